The number of benzene rings is 8. The molecular formula is C76H72Cl2Hf2Si2-2. The Morgan fingerprint density at radius 3 is 0.537 bits per heavy atom. The van der Waals surface area contributed by atoms with Gasteiger partial charge in [0, 0.05) is 0 Å². The van der Waals surface area contributed by atoms with Gasteiger partial charge in [-0.3, -0.25) is 24.3 Å². The second kappa shape index (κ2) is 35.5. The molecule has 6 heteroatoms. The molecule has 408 valence electrons. The van der Waals surface area contributed by atoms with Crippen molar-refractivity contribution >= 4 is 54.0 Å². The molecule has 0 heterocycles. The summed E-state index contributed by atoms with van der Waals surface area (Å²) in [5.41, 5.74) is 14.9. The van der Waals surface area contributed by atoms with E-state index in [1.165, 1.54) is 134 Å². The molecule has 0 saturated heterocycles. The minimum atomic E-state index is -0.406. The molecule has 8 aromatic carbocycles. The second-order valence-electron chi connectivity index (χ2n) is 20.2. The summed E-state index contributed by atoms with van der Waals surface area (Å²) in [6.07, 6.45) is 22.6. The fourth-order valence-electron chi connectivity index (χ4n) is 9.82. The summed E-state index contributed by atoms with van der Waals surface area (Å²) in [4.78, 5) is 0. The van der Waals surface area contributed by atoms with Crippen molar-refractivity contribution < 1.29 is 70.8 Å². The van der Waals surface area contributed by atoms with Gasteiger partial charge in [0.05, 0.1) is 0 Å². The van der Waals surface area contributed by atoms with Gasteiger partial charge >= 0.3 is 199 Å². The molecule has 82 heavy (non-hydrogen) atoms. The van der Waals surface area contributed by atoms with Gasteiger partial charge < -0.3 is 24.8 Å². The van der Waals surface area contributed by atoms with Crippen molar-refractivity contribution in [3.63, 3.8) is 0 Å². The van der Waals surface area contributed by atoms with E-state index in [2.05, 4.69) is 322 Å². The zero-order valence-corrected chi connectivity index (χ0v) is 59.2. The maximum atomic E-state index is 3.39. The standard InChI is InChI=1S/4C13H13.2C12H10Si.2ClH.2Hf/c4*1-10-8-11(2)13(9-10)12-6-4-3-5-7-12;2*1-3-7-11(8-4-1)13-12-9-5-2-6-10-12;;;;/h4*3-7,9-10H,1-2H3;2*1-10H;2*1H;;/q4*-1;;;;;2*+2/p-2. The Kier molecular flexibility index (Phi) is 29.1. The van der Waals surface area contributed by atoms with Crippen LogP contribution in [0.5, 0.6) is 0 Å². The summed E-state index contributed by atoms with van der Waals surface area (Å²) < 4.78 is 0. The number of hydrogen-bond donors (Lipinski definition) is 0. The Hall–Kier alpha value is -5.57. The summed E-state index contributed by atoms with van der Waals surface area (Å²) in [5.74, 6) is 1.87. The molecule has 4 aliphatic carbocycles. The summed E-state index contributed by atoms with van der Waals surface area (Å²) in [6, 6.07) is 85.5. The van der Waals surface area contributed by atoms with Crippen LogP contribution < -0.4 is 45.6 Å². The van der Waals surface area contributed by atoms with E-state index in [1.807, 2.05) is 24.3 Å². The van der Waals surface area contributed by atoms with E-state index in [0.717, 1.165) is 0 Å². The Balaban J connectivity index is 0.000000180. The molecule has 0 N–H and O–H groups in total. The van der Waals surface area contributed by atoms with Crippen LogP contribution in [0.3, 0.4) is 0 Å². The quantitative estimate of drug-likeness (QED) is 0.105. The molecular weight excluding hydrogens is 1400 g/mol. The van der Waals surface area contributed by atoms with Gasteiger partial charge in [-0.15, -0.1) is 22.3 Å². The Labute approximate surface area is 534 Å². The maximum absolute atomic E-state index is 3.39. The van der Waals surface area contributed by atoms with Crippen molar-refractivity contribution in [3.8, 4) is 0 Å². The predicted molar refractivity (Wildman–Crippen MR) is 340 cm³/mol. The molecule has 0 spiro atoms. The Morgan fingerprint density at radius 2 is 0.402 bits per heavy atom. The average molecular weight is 1470 g/mol. The summed E-state index contributed by atoms with van der Waals surface area (Å²) in [7, 11) is 0. The van der Waals surface area contributed by atoms with Crippen LogP contribution in [0.4, 0.5) is 0 Å². The van der Waals surface area contributed by atoms with E-state index in [-0.39, 0.29) is 24.8 Å². The van der Waals surface area contributed by atoms with Crippen molar-refractivity contribution in [2.45, 2.75) is 55.4 Å². The summed E-state index contributed by atoms with van der Waals surface area (Å²) in [6.45, 7) is 17.2. The van der Waals surface area contributed by atoms with Gasteiger partial charge in [-0.2, -0.15) is 46.6 Å². The van der Waals surface area contributed by atoms with Crippen LogP contribution >= 0.6 is 0 Å². The minimum absolute atomic E-state index is 0. The third-order valence-electron chi connectivity index (χ3n) is 13.6. The molecule has 0 bridgehead atoms. The molecule has 0 fully saturated rings. The first-order valence-electron chi connectivity index (χ1n) is 27.7. The van der Waals surface area contributed by atoms with Gasteiger partial charge in [0.1, 0.15) is 0 Å². The molecule has 4 atom stereocenters. The first kappa shape index (κ1) is 67.2. The molecule has 8 aromatic rings. The van der Waals surface area contributed by atoms with Crippen LogP contribution in [-0.4, -0.2) is 11.0 Å². The summed E-state index contributed by atoms with van der Waals surface area (Å²) >= 11 is 2.53. The summed E-state index contributed by atoms with van der Waals surface area (Å²) in [5, 5.41) is 6.15. The molecule has 0 aliphatic heterocycles. The first-order chi connectivity index (χ1) is 38.8. The van der Waals surface area contributed by atoms with Crippen LogP contribution in [0, 0.1) is 48.0 Å². The van der Waals surface area contributed by atoms with Crippen molar-refractivity contribution in [1.82, 2.24) is 0 Å². The average Bonchev–Trinajstić information content (AvgIpc) is 4.30. The Bertz CT molecular complexity index is 3040. The molecule has 4 unspecified atom stereocenters. The van der Waals surface area contributed by atoms with Gasteiger partial charge in [-0.1, -0.05) is 200 Å². The SMILES string of the molecule is CC1=[C-]C(C)C=C1c1ccccc1.CC1=[C-]C(C)C=C1c1ccccc1.CC1=[C-]C(C)C=C1c1ccccc1.CC1=[C-]C(C)C=C1c1ccccc1.[Cl-].[Cl-].[Hf+2]=[Si](c1ccccc1)c1ccccc1.[Hf+2]=[Si](c1ccccc1)c1ccccc1. The first-order valence-corrected chi connectivity index (χ1v) is 41.5. The van der Waals surface area contributed by atoms with Crippen LogP contribution in [0.25, 0.3) is 22.3 Å². The topological polar surface area (TPSA) is 0 Å². The van der Waals surface area contributed by atoms with Gasteiger partial charge in [0.25, 0.3) is 0 Å². The van der Waals surface area contributed by atoms with Crippen molar-refractivity contribution in [2.24, 2.45) is 23.7 Å². The molecule has 4 aliphatic rings. The molecule has 12 rings (SSSR count). The molecule has 0 amide bonds. The van der Waals surface area contributed by atoms with E-state index in [4.69, 9.17) is 0 Å². The zero-order valence-electron chi connectivity index (χ0n) is 48.5. The third kappa shape index (κ3) is 20.9. The normalized spacial score (nSPS) is 16.8. The van der Waals surface area contributed by atoms with Crippen molar-refractivity contribution in [3.05, 3.63) is 336 Å². The van der Waals surface area contributed by atoms with Crippen molar-refractivity contribution in [2.75, 3.05) is 0 Å². The molecule has 0 aromatic heterocycles. The molecule has 0 saturated carbocycles. The van der Waals surface area contributed by atoms with Crippen LogP contribution in [0.1, 0.15) is 77.6 Å². The predicted octanol–water partition coefficient (Wildman–Crippen LogP) is 10.6. The number of hydrogen-bond acceptors (Lipinski definition) is 0. The van der Waals surface area contributed by atoms with E-state index >= 15 is 0 Å². The van der Waals surface area contributed by atoms with Crippen molar-refractivity contribution in [1.29, 1.82) is 0 Å². The molecule has 0 nitrogen and oxygen atoms in total. The second-order valence-corrected chi connectivity index (χ2v) is 34.8. The van der Waals surface area contributed by atoms with Gasteiger partial charge in [0.15, 0.2) is 0 Å². The van der Waals surface area contributed by atoms with Crippen LogP contribution in [0.2, 0.25) is 0 Å². The van der Waals surface area contributed by atoms with Crippen LogP contribution in [-0.2, 0) is 46.0 Å². The van der Waals surface area contributed by atoms with Gasteiger partial charge in [0.2, 0.25) is 0 Å². The van der Waals surface area contributed by atoms with Crippen LogP contribution in [0.15, 0.2) is 289 Å². The van der Waals surface area contributed by atoms with E-state index in [0.29, 0.717) is 23.7 Å². The fraction of sp³-hybridized carbons (Fsp3) is 0.158. The molecule has 0 radical (unpaired) electrons. The zero-order chi connectivity index (χ0) is 56.6. The number of halogens is 2. The van der Waals surface area contributed by atoms with Gasteiger partial charge in [-0.25, -0.2) is 22.3 Å². The van der Waals surface area contributed by atoms with Gasteiger partial charge in [-0.05, 0) is 0 Å². The number of rotatable bonds is 8. The monoisotopic (exact) mass is 1470 g/mol. The van der Waals surface area contributed by atoms with E-state index in [9.17, 15) is 0 Å². The third-order valence-corrected chi connectivity index (χ3v) is 29.7. The number of allylic oxidation sites excluding steroid dienone is 16. The van der Waals surface area contributed by atoms with E-state index in [1.54, 1.807) is 0 Å². The fourth-order valence-corrected chi connectivity index (χ4v) is 19.8. The van der Waals surface area contributed by atoms with E-state index < -0.39 is 11.0 Å². The Morgan fingerprint density at radius 1 is 0.256 bits per heavy atom.